The molecule has 2 aromatic rings. The Balaban J connectivity index is 1.43. The normalized spacial score (nSPS) is 18.2. The number of carbonyl (C=O) groups excluding carboxylic acids is 1. The van der Waals surface area contributed by atoms with Crippen LogP contribution in [-0.4, -0.2) is 48.1 Å². The number of carbonyl (C=O) groups is 1. The fraction of sp³-hybridized carbons (Fsp3) is 0.577. The number of hydrogen-bond donors (Lipinski definition) is 0. The van der Waals surface area contributed by atoms with Gasteiger partial charge in [0.25, 0.3) is 0 Å². The number of ether oxygens (including phenoxy) is 1. The third-order valence-corrected chi connectivity index (χ3v) is 6.52. The summed E-state index contributed by atoms with van der Waals surface area (Å²) >= 11 is 0. The van der Waals surface area contributed by atoms with Crippen LogP contribution >= 0.6 is 0 Å². The van der Waals surface area contributed by atoms with Gasteiger partial charge in [0.2, 0.25) is 0 Å². The van der Waals surface area contributed by atoms with Crippen LogP contribution in [0.25, 0.3) is 11.3 Å². The maximum Gasteiger partial charge on any atom is 0.410 e. The van der Waals surface area contributed by atoms with Crippen molar-refractivity contribution in [2.45, 2.75) is 70.8 Å². The van der Waals surface area contributed by atoms with Crippen molar-refractivity contribution in [2.24, 2.45) is 10.9 Å². The van der Waals surface area contributed by atoms with Crippen molar-refractivity contribution in [3.05, 3.63) is 41.1 Å². The summed E-state index contributed by atoms with van der Waals surface area (Å²) in [5.74, 6) is 1.89. The quantitative estimate of drug-likeness (QED) is 0.551. The molecule has 6 heteroatoms. The minimum Gasteiger partial charge on any atom is -0.444 e. The average Bonchev–Trinajstić information content (AvgIpc) is 3.21. The predicted octanol–water partition coefficient (Wildman–Crippen LogP) is 5.85. The van der Waals surface area contributed by atoms with Gasteiger partial charge in [-0.25, -0.2) is 4.79 Å². The number of aromatic nitrogens is 1. The Kier molecular flexibility index (Phi) is 6.68. The minimum absolute atomic E-state index is 0.230. The molecule has 4 rings (SSSR count). The van der Waals surface area contributed by atoms with Crippen molar-refractivity contribution in [3.8, 4) is 11.3 Å². The summed E-state index contributed by atoms with van der Waals surface area (Å²) in [5, 5.41) is 4.39. The number of hydrogen-bond acceptors (Lipinski definition) is 5. The number of piperidine rings is 1. The number of likely N-dealkylation sites (tertiary alicyclic amines) is 1. The number of aliphatic imine (C=N–C) groups is 1. The molecule has 1 saturated carbocycles. The molecule has 1 aromatic heterocycles. The zero-order chi connectivity index (χ0) is 22.7. The van der Waals surface area contributed by atoms with Gasteiger partial charge in [0.05, 0.1) is 5.69 Å². The Hall–Kier alpha value is -2.63. The number of amides is 1. The maximum absolute atomic E-state index is 12.3. The Bertz CT molecular complexity index is 961. The molecule has 0 unspecified atom stereocenters. The molecule has 2 aliphatic rings. The smallest absolute Gasteiger partial charge is 0.410 e. The summed E-state index contributed by atoms with van der Waals surface area (Å²) in [6.07, 6.45) is 8.53. The molecule has 1 aliphatic carbocycles. The van der Waals surface area contributed by atoms with Crippen LogP contribution in [0.3, 0.4) is 0 Å². The summed E-state index contributed by atoms with van der Waals surface area (Å²) in [6, 6.07) is 8.54. The first kappa shape index (κ1) is 22.6. The van der Waals surface area contributed by atoms with Gasteiger partial charge in [0.15, 0.2) is 5.76 Å². The first-order chi connectivity index (χ1) is 15.3. The Labute approximate surface area is 191 Å². The fourth-order valence-electron chi connectivity index (χ4n) is 4.51. The standard InChI is InChI=1S/C26H35N3O3/c1-26(2,3)31-25(30)29-12-10-19(11-13-29)23-16-24(32-28-23)20-8-9-21(17-27-4)22(15-20)14-18-6-5-7-18/h8-9,15-19H,5-7,10-14H2,1-4H3/b27-17-. The van der Waals surface area contributed by atoms with E-state index in [-0.39, 0.29) is 6.09 Å². The van der Waals surface area contributed by atoms with Crippen LogP contribution in [0.15, 0.2) is 33.8 Å². The molecule has 0 radical (unpaired) electrons. The van der Waals surface area contributed by atoms with Gasteiger partial charge >= 0.3 is 6.09 Å². The third-order valence-electron chi connectivity index (χ3n) is 6.52. The largest absolute Gasteiger partial charge is 0.444 e. The van der Waals surface area contributed by atoms with Crippen molar-refractivity contribution in [3.63, 3.8) is 0 Å². The van der Waals surface area contributed by atoms with E-state index in [0.29, 0.717) is 19.0 Å². The lowest BCUT2D eigenvalue weighted by molar-refractivity contribution is 0.0203. The molecule has 1 saturated heterocycles. The topological polar surface area (TPSA) is 67.9 Å². The molecule has 0 bridgehead atoms. The highest BCUT2D eigenvalue weighted by Crippen LogP contribution is 2.34. The molecule has 1 aromatic carbocycles. The Morgan fingerprint density at radius 2 is 1.97 bits per heavy atom. The molecule has 1 amide bonds. The van der Waals surface area contributed by atoms with Crippen LogP contribution in [0.2, 0.25) is 0 Å². The van der Waals surface area contributed by atoms with E-state index >= 15 is 0 Å². The van der Waals surface area contributed by atoms with Gasteiger partial charge in [-0.15, -0.1) is 0 Å². The zero-order valence-electron chi connectivity index (χ0n) is 19.8. The van der Waals surface area contributed by atoms with Gasteiger partial charge in [-0.1, -0.05) is 36.6 Å². The van der Waals surface area contributed by atoms with Crippen LogP contribution in [-0.2, 0) is 11.2 Å². The van der Waals surface area contributed by atoms with Crippen LogP contribution in [0.4, 0.5) is 4.79 Å². The van der Waals surface area contributed by atoms with Crippen LogP contribution in [0, 0.1) is 5.92 Å². The lowest BCUT2D eigenvalue weighted by Crippen LogP contribution is -2.41. The summed E-state index contributed by atoms with van der Waals surface area (Å²) in [7, 11) is 1.82. The van der Waals surface area contributed by atoms with Crippen molar-refractivity contribution < 1.29 is 14.1 Å². The molecule has 0 spiro atoms. The summed E-state index contributed by atoms with van der Waals surface area (Å²) in [6.45, 7) is 7.05. The Morgan fingerprint density at radius 3 is 2.59 bits per heavy atom. The third kappa shape index (κ3) is 5.40. The van der Waals surface area contributed by atoms with E-state index < -0.39 is 5.60 Å². The molecule has 172 valence electrons. The van der Waals surface area contributed by atoms with E-state index in [9.17, 15) is 4.79 Å². The van der Waals surface area contributed by atoms with Gasteiger partial charge in [0.1, 0.15) is 5.60 Å². The first-order valence-corrected chi connectivity index (χ1v) is 11.8. The van der Waals surface area contributed by atoms with E-state index in [1.807, 2.05) is 34.0 Å². The summed E-state index contributed by atoms with van der Waals surface area (Å²) < 4.78 is 11.3. The number of benzene rings is 1. The zero-order valence-corrected chi connectivity index (χ0v) is 19.8. The monoisotopic (exact) mass is 437 g/mol. The van der Waals surface area contributed by atoms with E-state index in [1.54, 1.807) is 4.90 Å². The van der Waals surface area contributed by atoms with E-state index in [0.717, 1.165) is 42.2 Å². The van der Waals surface area contributed by atoms with Gasteiger partial charge < -0.3 is 14.2 Å². The highest BCUT2D eigenvalue weighted by atomic mass is 16.6. The highest BCUT2D eigenvalue weighted by Gasteiger charge is 2.29. The van der Waals surface area contributed by atoms with Crippen molar-refractivity contribution in [2.75, 3.05) is 20.1 Å². The average molecular weight is 438 g/mol. The van der Waals surface area contributed by atoms with Crippen molar-refractivity contribution in [1.29, 1.82) is 0 Å². The SMILES string of the molecule is C/N=C\c1ccc(-c2cc(C3CCN(C(=O)OC(C)(C)C)CC3)no2)cc1CC1CCC1. The summed E-state index contributed by atoms with van der Waals surface area (Å²) in [4.78, 5) is 18.3. The minimum atomic E-state index is -0.467. The second kappa shape index (κ2) is 9.47. The van der Waals surface area contributed by atoms with Gasteiger partial charge in [0, 0.05) is 43.9 Å². The molecule has 2 fully saturated rings. The molecule has 0 N–H and O–H groups in total. The lowest BCUT2D eigenvalue weighted by atomic mass is 9.80. The van der Waals surface area contributed by atoms with Crippen LogP contribution in [0.5, 0.6) is 0 Å². The van der Waals surface area contributed by atoms with E-state index in [4.69, 9.17) is 9.26 Å². The maximum atomic E-state index is 12.3. The second-order valence-corrected chi connectivity index (χ2v) is 10.2. The number of nitrogens with zero attached hydrogens (tertiary/aromatic N) is 3. The van der Waals surface area contributed by atoms with Crippen molar-refractivity contribution >= 4 is 12.3 Å². The summed E-state index contributed by atoms with van der Waals surface area (Å²) in [5.41, 5.74) is 4.10. The molecular formula is C26H35N3O3. The van der Waals surface area contributed by atoms with E-state index in [2.05, 4.69) is 34.4 Å². The molecule has 6 nitrogen and oxygen atoms in total. The lowest BCUT2D eigenvalue weighted by Gasteiger charge is -2.32. The molecule has 32 heavy (non-hydrogen) atoms. The highest BCUT2D eigenvalue weighted by molar-refractivity contribution is 5.83. The first-order valence-electron chi connectivity index (χ1n) is 11.8. The van der Waals surface area contributed by atoms with Gasteiger partial charge in [-0.2, -0.15) is 0 Å². The molecular weight excluding hydrogens is 402 g/mol. The molecule has 0 atom stereocenters. The molecule has 1 aliphatic heterocycles. The second-order valence-electron chi connectivity index (χ2n) is 10.2. The fourth-order valence-corrected chi connectivity index (χ4v) is 4.51. The van der Waals surface area contributed by atoms with Crippen LogP contribution < -0.4 is 0 Å². The number of rotatable bonds is 5. The molecule has 2 heterocycles. The van der Waals surface area contributed by atoms with Crippen molar-refractivity contribution in [1.82, 2.24) is 10.1 Å². The van der Waals surface area contributed by atoms with Gasteiger partial charge in [-0.3, -0.25) is 4.99 Å². The Morgan fingerprint density at radius 1 is 1.22 bits per heavy atom. The predicted molar refractivity (Wildman–Crippen MR) is 126 cm³/mol. The van der Waals surface area contributed by atoms with E-state index in [1.165, 1.54) is 30.4 Å². The van der Waals surface area contributed by atoms with Gasteiger partial charge in [-0.05, 0) is 63.1 Å². The van der Waals surface area contributed by atoms with Crippen LogP contribution in [0.1, 0.15) is 75.6 Å².